The minimum Gasteiger partial charge on any atom is -0.493 e. The lowest BCUT2D eigenvalue weighted by atomic mass is 9.87. The van der Waals surface area contributed by atoms with Crippen LogP contribution < -0.4 is 9.47 Å². The summed E-state index contributed by atoms with van der Waals surface area (Å²) in [5.41, 5.74) is 2.42. The molecule has 156 valence electrons. The van der Waals surface area contributed by atoms with E-state index in [-0.39, 0.29) is 5.97 Å². The van der Waals surface area contributed by atoms with Gasteiger partial charge in [0.1, 0.15) is 17.3 Å². The number of hydrogen-bond acceptors (Lipinski definition) is 5. The molecule has 0 atom stereocenters. The van der Waals surface area contributed by atoms with Gasteiger partial charge >= 0.3 is 5.97 Å². The van der Waals surface area contributed by atoms with Gasteiger partial charge in [-0.05, 0) is 55.5 Å². The van der Waals surface area contributed by atoms with Crippen LogP contribution in [0.2, 0.25) is 0 Å². The molecule has 1 aliphatic rings. The molecule has 2 aromatic carbocycles. The molecule has 29 heavy (non-hydrogen) atoms. The van der Waals surface area contributed by atoms with Gasteiger partial charge in [-0.25, -0.2) is 4.79 Å². The third-order valence-corrected chi connectivity index (χ3v) is 4.86. The zero-order valence-corrected chi connectivity index (χ0v) is 17.8. The Hall–Kier alpha value is -2.69. The average Bonchev–Trinajstić information content (AvgIpc) is 2.76. The molecular formula is C24H30O5. The predicted molar refractivity (Wildman–Crippen MR) is 115 cm³/mol. The highest BCUT2D eigenvalue weighted by molar-refractivity contribution is 6.08. The number of allylic oxidation sites excluding steroid dienone is 1. The molecule has 0 N–H and O–H groups in total. The number of esters is 1. The monoisotopic (exact) mass is 398 g/mol. The van der Waals surface area contributed by atoms with Crippen LogP contribution in [0.4, 0.5) is 0 Å². The summed E-state index contributed by atoms with van der Waals surface area (Å²) in [6.07, 6.45) is 5.34. The zero-order valence-electron chi connectivity index (χ0n) is 17.8. The van der Waals surface area contributed by atoms with Crippen molar-refractivity contribution in [3.63, 3.8) is 0 Å². The second-order valence-corrected chi connectivity index (χ2v) is 7.07. The van der Waals surface area contributed by atoms with Crippen LogP contribution in [-0.4, -0.2) is 32.9 Å². The minimum atomic E-state index is -0.361. The summed E-state index contributed by atoms with van der Waals surface area (Å²) in [6.45, 7) is 8.04. The fourth-order valence-electron chi connectivity index (χ4n) is 3.59. The molecule has 5 heteroatoms. The topological polar surface area (TPSA) is 54.0 Å². The number of rotatable bonds is 10. The van der Waals surface area contributed by atoms with Gasteiger partial charge in [-0.3, -0.25) is 0 Å². The van der Waals surface area contributed by atoms with Crippen molar-refractivity contribution in [2.75, 3.05) is 26.9 Å². The molecule has 0 amide bonds. The van der Waals surface area contributed by atoms with Crippen molar-refractivity contribution in [1.82, 2.24) is 0 Å². The van der Waals surface area contributed by atoms with Crippen molar-refractivity contribution in [3.05, 3.63) is 41.0 Å². The maximum atomic E-state index is 12.5. The molecular weight excluding hydrogens is 368 g/mol. The van der Waals surface area contributed by atoms with Gasteiger partial charge in [0.15, 0.2) is 0 Å². The smallest absolute Gasteiger partial charge is 0.338 e. The molecule has 0 aromatic heterocycles. The Balaban J connectivity index is 2.29. The van der Waals surface area contributed by atoms with Crippen molar-refractivity contribution in [1.29, 1.82) is 0 Å². The lowest BCUT2D eigenvalue weighted by Gasteiger charge is -2.24. The van der Waals surface area contributed by atoms with Crippen molar-refractivity contribution in [3.8, 4) is 11.5 Å². The molecule has 2 aromatic rings. The summed E-state index contributed by atoms with van der Waals surface area (Å²) >= 11 is 0. The van der Waals surface area contributed by atoms with Gasteiger partial charge in [-0.15, -0.1) is 0 Å². The molecule has 0 saturated carbocycles. The van der Waals surface area contributed by atoms with Gasteiger partial charge in [0.2, 0.25) is 0 Å². The average molecular weight is 398 g/mol. The van der Waals surface area contributed by atoms with Crippen LogP contribution in [0.1, 0.15) is 61.5 Å². The van der Waals surface area contributed by atoms with Crippen LogP contribution in [0.5, 0.6) is 11.5 Å². The highest BCUT2D eigenvalue weighted by atomic mass is 16.5. The number of benzene rings is 2. The molecule has 0 saturated heterocycles. The first-order chi connectivity index (χ1) is 14.2. The van der Waals surface area contributed by atoms with E-state index in [2.05, 4.69) is 20.8 Å². The fourth-order valence-corrected chi connectivity index (χ4v) is 3.59. The van der Waals surface area contributed by atoms with Crippen LogP contribution in [0, 0.1) is 0 Å². The standard InChI is InChI=1S/C24H30O5/c1-5-12-27-19-10-8-16-18(24(25)26-4)15-21(29-14-7-3)23-20(28-13-6-2)11-9-17(19)22(16)23/h9-11,15H,5-8,12-14H2,1-4H3. The molecule has 0 radical (unpaired) electrons. The number of methoxy groups -OCH3 is 1. The number of ether oxygens (including phenoxy) is 4. The number of carbonyl (C=O) groups excluding carboxylic acids is 1. The first-order valence-corrected chi connectivity index (χ1v) is 10.5. The van der Waals surface area contributed by atoms with E-state index < -0.39 is 0 Å². The first-order valence-electron chi connectivity index (χ1n) is 10.5. The lowest BCUT2D eigenvalue weighted by Crippen LogP contribution is -2.12. The van der Waals surface area contributed by atoms with Crippen LogP contribution in [-0.2, 0) is 15.9 Å². The third-order valence-electron chi connectivity index (χ3n) is 4.86. The summed E-state index contributed by atoms with van der Waals surface area (Å²) in [6, 6.07) is 5.79. The normalized spacial score (nSPS) is 12.5. The second kappa shape index (κ2) is 9.68. The largest absolute Gasteiger partial charge is 0.493 e. The van der Waals surface area contributed by atoms with Gasteiger partial charge < -0.3 is 18.9 Å². The van der Waals surface area contributed by atoms with E-state index in [1.54, 1.807) is 6.07 Å². The van der Waals surface area contributed by atoms with Crippen molar-refractivity contribution >= 4 is 22.5 Å². The first kappa shape index (κ1) is 21.0. The molecule has 0 aliphatic heterocycles. The maximum absolute atomic E-state index is 12.5. The maximum Gasteiger partial charge on any atom is 0.338 e. The van der Waals surface area contributed by atoms with E-state index in [1.807, 2.05) is 18.2 Å². The Labute approximate surface area is 172 Å². The second-order valence-electron chi connectivity index (χ2n) is 7.07. The Morgan fingerprint density at radius 1 is 0.897 bits per heavy atom. The van der Waals surface area contributed by atoms with E-state index in [9.17, 15) is 4.79 Å². The van der Waals surface area contributed by atoms with Gasteiger partial charge in [0.05, 0.1) is 37.9 Å². The third kappa shape index (κ3) is 4.19. The molecule has 0 spiro atoms. The quantitative estimate of drug-likeness (QED) is 0.493. The van der Waals surface area contributed by atoms with Gasteiger partial charge in [0, 0.05) is 10.9 Å². The zero-order chi connectivity index (χ0) is 20.8. The SMILES string of the molecule is CCCOC1=CCc2c(C(=O)OC)cc(OCCC)c3c(OCCC)ccc1c23. The summed E-state index contributed by atoms with van der Waals surface area (Å²) in [7, 11) is 1.40. The van der Waals surface area contributed by atoms with E-state index in [1.165, 1.54) is 7.11 Å². The van der Waals surface area contributed by atoms with Gasteiger partial charge in [-0.1, -0.05) is 20.8 Å². The van der Waals surface area contributed by atoms with Crippen molar-refractivity contribution in [2.24, 2.45) is 0 Å². The van der Waals surface area contributed by atoms with Gasteiger partial charge in [0.25, 0.3) is 0 Å². The summed E-state index contributed by atoms with van der Waals surface area (Å²) in [5.74, 6) is 1.90. The minimum absolute atomic E-state index is 0.361. The molecule has 3 rings (SSSR count). The summed E-state index contributed by atoms with van der Waals surface area (Å²) in [5, 5.41) is 1.86. The molecule has 0 heterocycles. The number of carbonyl (C=O) groups is 1. The summed E-state index contributed by atoms with van der Waals surface area (Å²) in [4.78, 5) is 12.5. The predicted octanol–water partition coefficient (Wildman–Crippen LogP) is 5.53. The molecule has 5 nitrogen and oxygen atoms in total. The highest BCUT2D eigenvalue weighted by Crippen LogP contribution is 2.44. The van der Waals surface area contributed by atoms with E-state index in [4.69, 9.17) is 18.9 Å². The number of hydrogen-bond donors (Lipinski definition) is 0. The van der Waals surface area contributed by atoms with Crippen LogP contribution in [0.15, 0.2) is 24.3 Å². The molecule has 1 aliphatic carbocycles. The Morgan fingerprint density at radius 2 is 1.55 bits per heavy atom. The van der Waals surface area contributed by atoms with E-state index in [0.717, 1.165) is 52.7 Å². The highest BCUT2D eigenvalue weighted by Gasteiger charge is 2.27. The van der Waals surface area contributed by atoms with Crippen LogP contribution in [0.3, 0.4) is 0 Å². The molecule has 0 unspecified atom stereocenters. The summed E-state index contributed by atoms with van der Waals surface area (Å²) < 4.78 is 23.2. The molecule has 0 bridgehead atoms. The van der Waals surface area contributed by atoms with Gasteiger partial charge in [-0.2, -0.15) is 0 Å². The Bertz CT molecular complexity index is 913. The lowest BCUT2D eigenvalue weighted by molar-refractivity contribution is 0.0599. The van der Waals surface area contributed by atoms with Crippen LogP contribution >= 0.6 is 0 Å². The fraction of sp³-hybridized carbons (Fsp3) is 0.458. The Morgan fingerprint density at radius 3 is 2.21 bits per heavy atom. The van der Waals surface area contributed by atoms with Crippen molar-refractivity contribution < 1.29 is 23.7 Å². The van der Waals surface area contributed by atoms with Crippen molar-refractivity contribution in [2.45, 2.75) is 46.5 Å². The molecule has 0 fully saturated rings. The van der Waals surface area contributed by atoms with Crippen LogP contribution in [0.25, 0.3) is 16.5 Å². The Kier molecular flexibility index (Phi) is 7.02. The van der Waals surface area contributed by atoms with E-state index in [0.29, 0.717) is 37.6 Å². The van der Waals surface area contributed by atoms with E-state index >= 15 is 0 Å².